The van der Waals surface area contributed by atoms with Gasteiger partial charge in [-0.2, -0.15) is 0 Å². The standard InChI is InChI=1S/C11H21NO/c1-9(12)2-3-10-8-11(10)4-6-13-7-5-11/h9-10H,2-8,12H2,1H3. The molecule has 1 saturated heterocycles. The molecule has 0 amide bonds. The van der Waals surface area contributed by atoms with Gasteiger partial charge in [0.2, 0.25) is 0 Å². The molecule has 0 aromatic carbocycles. The number of nitrogens with two attached hydrogens (primary N) is 1. The molecule has 0 aromatic heterocycles. The largest absolute Gasteiger partial charge is 0.381 e. The van der Waals surface area contributed by atoms with Crippen LogP contribution in [0, 0.1) is 11.3 Å². The Morgan fingerprint density at radius 3 is 2.77 bits per heavy atom. The molecule has 1 aliphatic heterocycles. The van der Waals surface area contributed by atoms with Crippen LogP contribution in [0.25, 0.3) is 0 Å². The molecule has 0 bridgehead atoms. The summed E-state index contributed by atoms with van der Waals surface area (Å²) in [6.07, 6.45) is 6.60. The van der Waals surface area contributed by atoms with Crippen LogP contribution in [-0.4, -0.2) is 19.3 Å². The fraction of sp³-hybridized carbons (Fsp3) is 1.00. The van der Waals surface area contributed by atoms with Gasteiger partial charge in [0.15, 0.2) is 0 Å². The van der Waals surface area contributed by atoms with Crippen molar-refractivity contribution >= 4 is 0 Å². The number of hydrogen-bond acceptors (Lipinski definition) is 2. The van der Waals surface area contributed by atoms with Gasteiger partial charge in [0.25, 0.3) is 0 Å². The lowest BCUT2D eigenvalue weighted by Gasteiger charge is -2.23. The summed E-state index contributed by atoms with van der Waals surface area (Å²) in [7, 11) is 0. The van der Waals surface area contributed by atoms with Gasteiger partial charge in [-0.15, -0.1) is 0 Å². The van der Waals surface area contributed by atoms with Crippen LogP contribution in [0.2, 0.25) is 0 Å². The molecule has 13 heavy (non-hydrogen) atoms. The molecule has 2 unspecified atom stereocenters. The van der Waals surface area contributed by atoms with E-state index in [-0.39, 0.29) is 0 Å². The van der Waals surface area contributed by atoms with E-state index in [1.807, 2.05) is 0 Å². The lowest BCUT2D eigenvalue weighted by atomic mass is 9.92. The Hall–Kier alpha value is -0.0800. The molecular formula is C11H21NO. The van der Waals surface area contributed by atoms with Crippen molar-refractivity contribution in [2.75, 3.05) is 13.2 Å². The van der Waals surface area contributed by atoms with E-state index in [4.69, 9.17) is 10.5 Å². The molecule has 2 aliphatic rings. The normalized spacial score (nSPS) is 33.2. The third kappa shape index (κ3) is 2.05. The topological polar surface area (TPSA) is 35.2 Å². The van der Waals surface area contributed by atoms with E-state index in [9.17, 15) is 0 Å². The minimum atomic E-state index is 0.387. The highest BCUT2D eigenvalue weighted by atomic mass is 16.5. The summed E-state index contributed by atoms with van der Waals surface area (Å²) < 4.78 is 5.39. The highest BCUT2D eigenvalue weighted by Gasteiger charge is 2.53. The molecule has 1 heterocycles. The molecule has 2 N–H and O–H groups in total. The van der Waals surface area contributed by atoms with E-state index >= 15 is 0 Å². The smallest absolute Gasteiger partial charge is 0.0471 e. The van der Waals surface area contributed by atoms with Crippen molar-refractivity contribution in [3.8, 4) is 0 Å². The molecule has 2 fully saturated rings. The van der Waals surface area contributed by atoms with Gasteiger partial charge in [-0.3, -0.25) is 0 Å². The first kappa shape index (κ1) is 9.47. The highest BCUT2D eigenvalue weighted by molar-refractivity contribution is 5.02. The Bertz CT molecular complexity index is 173. The molecule has 0 aromatic rings. The summed E-state index contributed by atoms with van der Waals surface area (Å²) in [6, 6.07) is 0.387. The number of rotatable bonds is 3. The highest BCUT2D eigenvalue weighted by Crippen LogP contribution is 2.61. The molecule has 1 spiro atoms. The number of ether oxygens (including phenoxy) is 1. The van der Waals surface area contributed by atoms with Crippen LogP contribution in [0.15, 0.2) is 0 Å². The Morgan fingerprint density at radius 2 is 2.15 bits per heavy atom. The Balaban J connectivity index is 1.73. The Kier molecular flexibility index (Phi) is 2.61. The summed E-state index contributed by atoms with van der Waals surface area (Å²) in [4.78, 5) is 0. The van der Waals surface area contributed by atoms with Crippen molar-refractivity contribution in [2.24, 2.45) is 17.1 Å². The fourth-order valence-corrected chi connectivity index (χ4v) is 2.69. The quantitative estimate of drug-likeness (QED) is 0.725. The van der Waals surface area contributed by atoms with Gasteiger partial charge in [0.05, 0.1) is 0 Å². The van der Waals surface area contributed by atoms with Crippen LogP contribution in [0.4, 0.5) is 0 Å². The van der Waals surface area contributed by atoms with Gasteiger partial charge in [0, 0.05) is 19.3 Å². The summed E-state index contributed by atoms with van der Waals surface area (Å²) in [5, 5.41) is 0. The van der Waals surface area contributed by atoms with Gasteiger partial charge >= 0.3 is 0 Å². The molecule has 2 heteroatoms. The Labute approximate surface area is 80.8 Å². The van der Waals surface area contributed by atoms with Crippen LogP contribution in [-0.2, 0) is 4.74 Å². The first-order valence-corrected chi connectivity index (χ1v) is 5.56. The average Bonchev–Trinajstić information content (AvgIpc) is 2.77. The zero-order chi connectivity index (χ0) is 9.31. The van der Waals surface area contributed by atoms with Gasteiger partial charge in [-0.1, -0.05) is 0 Å². The third-order valence-corrected chi connectivity index (χ3v) is 3.82. The molecular weight excluding hydrogens is 162 g/mol. The maximum atomic E-state index is 5.76. The molecule has 2 atom stereocenters. The zero-order valence-electron chi connectivity index (χ0n) is 8.59. The summed E-state index contributed by atoms with van der Waals surface area (Å²) in [6.45, 7) is 4.10. The van der Waals surface area contributed by atoms with E-state index in [1.165, 1.54) is 32.1 Å². The summed E-state index contributed by atoms with van der Waals surface area (Å²) in [5.74, 6) is 0.974. The second-order valence-electron chi connectivity index (χ2n) is 4.93. The first-order chi connectivity index (χ1) is 6.23. The molecule has 0 radical (unpaired) electrons. The minimum Gasteiger partial charge on any atom is -0.381 e. The number of hydrogen-bond donors (Lipinski definition) is 1. The monoisotopic (exact) mass is 183 g/mol. The second kappa shape index (κ2) is 3.58. The zero-order valence-corrected chi connectivity index (χ0v) is 8.59. The van der Waals surface area contributed by atoms with Crippen LogP contribution < -0.4 is 5.73 Å². The van der Waals surface area contributed by atoms with E-state index in [2.05, 4.69) is 6.92 Å². The van der Waals surface area contributed by atoms with Gasteiger partial charge in [-0.05, 0) is 50.4 Å². The van der Waals surface area contributed by atoms with Gasteiger partial charge < -0.3 is 10.5 Å². The van der Waals surface area contributed by atoms with Crippen molar-refractivity contribution in [3.63, 3.8) is 0 Å². The van der Waals surface area contributed by atoms with Crippen LogP contribution >= 0.6 is 0 Å². The van der Waals surface area contributed by atoms with Gasteiger partial charge in [-0.25, -0.2) is 0 Å². The van der Waals surface area contributed by atoms with Gasteiger partial charge in [0.1, 0.15) is 0 Å². The third-order valence-electron chi connectivity index (χ3n) is 3.82. The molecule has 2 rings (SSSR count). The maximum absolute atomic E-state index is 5.76. The van der Waals surface area contributed by atoms with Crippen LogP contribution in [0.1, 0.15) is 39.0 Å². The van der Waals surface area contributed by atoms with Crippen molar-refractivity contribution in [2.45, 2.75) is 45.1 Å². The van der Waals surface area contributed by atoms with E-state index in [0.29, 0.717) is 11.5 Å². The summed E-state index contributed by atoms with van der Waals surface area (Å²) >= 11 is 0. The minimum absolute atomic E-state index is 0.387. The molecule has 1 saturated carbocycles. The van der Waals surface area contributed by atoms with Crippen LogP contribution in [0.3, 0.4) is 0 Å². The van der Waals surface area contributed by atoms with Crippen molar-refractivity contribution in [1.29, 1.82) is 0 Å². The van der Waals surface area contributed by atoms with Crippen LogP contribution in [0.5, 0.6) is 0 Å². The SMILES string of the molecule is CC(N)CCC1CC12CCOCC2. The molecule has 76 valence electrons. The first-order valence-electron chi connectivity index (χ1n) is 5.56. The van der Waals surface area contributed by atoms with E-state index in [1.54, 1.807) is 0 Å². The predicted molar refractivity (Wildman–Crippen MR) is 53.5 cm³/mol. The second-order valence-corrected chi connectivity index (χ2v) is 4.93. The van der Waals surface area contributed by atoms with Crippen molar-refractivity contribution in [1.82, 2.24) is 0 Å². The van der Waals surface area contributed by atoms with E-state index in [0.717, 1.165) is 19.1 Å². The average molecular weight is 183 g/mol. The lowest BCUT2D eigenvalue weighted by molar-refractivity contribution is 0.0513. The lowest BCUT2D eigenvalue weighted by Crippen LogP contribution is -2.20. The maximum Gasteiger partial charge on any atom is 0.0471 e. The summed E-state index contributed by atoms with van der Waals surface area (Å²) in [5.41, 5.74) is 6.46. The van der Waals surface area contributed by atoms with E-state index < -0.39 is 0 Å². The molecule has 2 nitrogen and oxygen atoms in total. The molecule has 1 aliphatic carbocycles. The Morgan fingerprint density at radius 1 is 1.46 bits per heavy atom. The van der Waals surface area contributed by atoms with Crippen molar-refractivity contribution < 1.29 is 4.74 Å². The van der Waals surface area contributed by atoms with Crippen molar-refractivity contribution in [3.05, 3.63) is 0 Å². The fourth-order valence-electron chi connectivity index (χ4n) is 2.69. The predicted octanol–water partition coefficient (Wildman–Crippen LogP) is 1.93.